The van der Waals surface area contributed by atoms with Crippen molar-refractivity contribution in [2.45, 2.75) is 18.7 Å². The van der Waals surface area contributed by atoms with Crippen molar-refractivity contribution in [1.82, 2.24) is 5.32 Å². The number of methoxy groups -OCH3 is 1. The van der Waals surface area contributed by atoms with E-state index in [4.69, 9.17) is 4.74 Å². The van der Waals surface area contributed by atoms with Crippen molar-refractivity contribution >= 4 is 21.6 Å². The van der Waals surface area contributed by atoms with Gasteiger partial charge in [0.1, 0.15) is 5.75 Å². The molecule has 138 valence electrons. The fraction of sp³-hybridized carbons (Fsp3) is 0.211. The smallest absolute Gasteiger partial charge is 0.262 e. The standard InChI is InChI=1S/C19H22N2O4S/c1-5-10-20-19(22)16-8-6-7-9-17(16)21-26(23,24)18-13(2)11-15(25-4)12-14(18)3/h5-9,11-12,21H,1,10H2,2-4H3,(H,20,22). The molecule has 0 spiro atoms. The highest BCUT2D eigenvalue weighted by Crippen LogP contribution is 2.28. The summed E-state index contributed by atoms with van der Waals surface area (Å²) in [5, 5.41) is 2.64. The molecule has 2 aromatic rings. The molecule has 0 aliphatic heterocycles. The summed E-state index contributed by atoms with van der Waals surface area (Å²) in [7, 11) is -2.36. The lowest BCUT2D eigenvalue weighted by atomic mass is 10.1. The first-order valence-corrected chi connectivity index (χ1v) is 9.44. The van der Waals surface area contributed by atoms with E-state index in [1.54, 1.807) is 56.3 Å². The Morgan fingerprint density at radius 2 is 1.81 bits per heavy atom. The number of aryl methyl sites for hydroxylation is 2. The fourth-order valence-electron chi connectivity index (χ4n) is 2.68. The van der Waals surface area contributed by atoms with E-state index < -0.39 is 10.0 Å². The van der Waals surface area contributed by atoms with Gasteiger partial charge in [-0.3, -0.25) is 9.52 Å². The van der Waals surface area contributed by atoms with E-state index in [0.29, 0.717) is 16.9 Å². The number of anilines is 1. The van der Waals surface area contributed by atoms with Crippen molar-refractivity contribution in [3.05, 3.63) is 65.7 Å². The zero-order valence-corrected chi connectivity index (χ0v) is 15.8. The molecule has 0 radical (unpaired) electrons. The van der Waals surface area contributed by atoms with Gasteiger partial charge in [-0.15, -0.1) is 6.58 Å². The average Bonchev–Trinajstić information content (AvgIpc) is 2.58. The first-order chi connectivity index (χ1) is 12.3. The first kappa shape index (κ1) is 19.5. The molecule has 0 fully saturated rings. The zero-order valence-electron chi connectivity index (χ0n) is 15.0. The van der Waals surface area contributed by atoms with Gasteiger partial charge in [-0.2, -0.15) is 0 Å². The minimum Gasteiger partial charge on any atom is -0.497 e. The van der Waals surface area contributed by atoms with Crippen LogP contribution in [0.25, 0.3) is 0 Å². The monoisotopic (exact) mass is 374 g/mol. The van der Waals surface area contributed by atoms with E-state index >= 15 is 0 Å². The number of carbonyl (C=O) groups excluding carboxylic acids is 1. The highest BCUT2D eigenvalue weighted by Gasteiger charge is 2.22. The van der Waals surface area contributed by atoms with Crippen LogP contribution in [0.4, 0.5) is 5.69 Å². The summed E-state index contributed by atoms with van der Waals surface area (Å²) in [6, 6.07) is 9.76. The maximum absolute atomic E-state index is 12.9. The Bertz CT molecular complexity index is 913. The Labute approximate surface area is 153 Å². The maximum Gasteiger partial charge on any atom is 0.262 e. The van der Waals surface area contributed by atoms with Gasteiger partial charge in [0.2, 0.25) is 0 Å². The molecule has 2 rings (SSSR count). The lowest BCUT2D eigenvalue weighted by Crippen LogP contribution is -2.25. The third-order valence-corrected chi connectivity index (χ3v) is 5.43. The number of ether oxygens (including phenoxy) is 1. The van der Waals surface area contributed by atoms with E-state index in [9.17, 15) is 13.2 Å². The molecular weight excluding hydrogens is 352 g/mol. The van der Waals surface area contributed by atoms with Crippen molar-refractivity contribution in [3.8, 4) is 5.75 Å². The largest absolute Gasteiger partial charge is 0.497 e. The molecule has 0 aromatic heterocycles. The van der Waals surface area contributed by atoms with Crippen LogP contribution >= 0.6 is 0 Å². The molecular formula is C19H22N2O4S. The van der Waals surface area contributed by atoms with Crippen LogP contribution in [0.1, 0.15) is 21.5 Å². The van der Waals surface area contributed by atoms with E-state index in [1.807, 2.05) is 0 Å². The predicted molar refractivity (Wildman–Crippen MR) is 102 cm³/mol. The molecule has 2 N–H and O–H groups in total. The Morgan fingerprint density at radius 3 is 2.38 bits per heavy atom. The molecule has 0 saturated heterocycles. The lowest BCUT2D eigenvalue weighted by Gasteiger charge is -2.16. The lowest BCUT2D eigenvalue weighted by molar-refractivity contribution is 0.0959. The topological polar surface area (TPSA) is 84.5 Å². The van der Waals surface area contributed by atoms with Crippen molar-refractivity contribution in [2.24, 2.45) is 0 Å². The Kier molecular flexibility index (Phi) is 6.05. The first-order valence-electron chi connectivity index (χ1n) is 7.96. The van der Waals surface area contributed by atoms with Gasteiger partial charge in [0, 0.05) is 6.54 Å². The molecule has 7 heteroatoms. The number of hydrogen-bond acceptors (Lipinski definition) is 4. The molecule has 0 bridgehead atoms. The normalized spacial score (nSPS) is 10.9. The predicted octanol–water partition coefficient (Wildman–Crippen LogP) is 3.03. The Morgan fingerprint density at radius 1 is 1.19 bits per heavy atom. The molecule has 6 nitrogen and oxygen atoms in total. The molecule has 26 heavy (non-hydrogen) atoms. The summed E-state index contributed by atoms with van der Waals surface area (Å²) in [5.41, 5.74) is 1.57. The van der Waals surface area contributed by atoms with Gasteiger partial charge >= 0.3 is 0 Å². The number of carbonyl (C=O) groups is 1. The molecule has 0 unspecified atom stereocenters. The van der Waals surface area contributed by atoms with Gasteiger partial charge in [0.25, 0.3) is 15.9 Å². The van der Waals surface area contributed by atoms with Crippen molar-refractivity contribution in [1.29, 1.82) is 0 Å². The highest BCUT2D eigenvalue weighted by atomic mass is 32.2. The molecule has 1 amide bonds. The average molecular weight is 374 g/mol. The molecule has 0 heterocycles. The summed E-state index contributed by atoms with van der Waals surface area (Å²) >= 11 is 0. The zero-order chi connectivity index (χ0) is 19.3. The van der Waals surface area contributed by atoms with Gasteiger partial charge < -0.3 is 10.1 Å². The van der Waals surface area contributed by atoms with Crippen LogP contribution in [0.15, 0.2) is 53.9 Å². The molecule has 0 aliphatic rings. The molecule has 0 saturated carbocycles. The SMILES string of the molecule is C=CCNC(=O)c1ccccc1NS(=O)(=O)c1c(C)cc(OC)cc1C. The number of para-hydroxylation sites is 1. The maximum atomic E-state index is 12.9. The minimum atomic E-state index is -3.88. The fourth-order valence-corrected chi connectivity index (χ4v) is 4.21. The third kappa shape index (κ3) is 4.23. The Hall–Kier alpha value is -2.80. The van der Waals surface area contributed by atoms with Gasteiger partial charge in [0.15, 0.2) is 0 Å². The van der Waals surface area contributed by atoms with E-state index in [0.717, 1.165) is 0 Å². The van der Waals surface area contributed by atoms with E-state index in [2.05, 4.69) is 16.6 Å². The number of sulfonamides is 1. The van der Waals surface area contributed by atoms with Gasteiger partial charge in [-0.05, 0) is 49.2 Å². The van der Waals surface area contributed by atoms with Crippen LogP contribution < -0.4 is 14.8 Å². The second kappa shape index (κ2) is 8.05. The summed E-state index contributed by atoms with van der Waals surface area (Å²) in [4.78, 5) is 12.4. The number of benzene rings is 2. The second-order valence-electron chi connectivity index (χ2n) is 5.74. The van der Waals surface area contributed by atoms with Crippen LogP contribution in [0.2, 0.25) is 0 Å². The number of nitrogens with one attached hydrogen (secondary N) is 2. The van der Waals surface area contributed by atoms with Crippen LogP contribution in [0.3, 0.4) is 0 Å². The summed E-state index contributed by atoms with van der Waals surface area (Å²) < 4.78 is 33.6. The Balaban J connectivity index is 2.43. The number of amides is 1. The van der Waals surface area contributed by atoms with Gasteiger partial charge in [-0.25, -0.2) is 8.42 Å². The number of hydrogen-bond donors (Lipinski definition) is 2. The second-order valence-corrected chi connectivity index (χ2v) is 7.36. The molecule has 0 atom stereocenters. The van der Waals surface area contributed by atoms with Crippen LogP contribution in [-0.2, 0) is 10.0 Å². The van der Waals surface area contributed by atoms with Crippen LogP contribution in [0.5, 0.6) is 5.75 Å². The summed E-state index contributed by atoms with van der Waals surface area (Å²) in [6.07, 6.45) is 1.55. The van der Waals surface area contributed by atoms with Crippen LogP contribution in [0, 0.1) is 13.8 Å². The van der Waals surface area contributed by atoms with Gasteiger partial charge in [0.05, 0.1) is 23.3 Å². The minimum absolute atomic E-state index is 0.166. The van der Waals surface area contributed by atoms with Gasteiger partial charge in [-0.1, -0.05) is 18.2 Å². The van der Waals surface area contributed by atoms with Crippen molar-refractivity contribution in [3.63, 3.8) is 0 Å². The molecule has 2 aromatic carbocycles. The highest BCUT2D eigenvalue weighted by molar-refractivity contribution is 7.92. The van der Waals surface area contributed by atoms with Crippen LogP contribution in [-0.4, -0.2) is 28.0 Å². The number of rotatable bonds is 7. The third-order valence-electron chi connectivity index (χ3n) is 3.76. The quantitative estimate of drug-likeness (QED) is 0.730. The van der Waals surface area contributed by atoms with Crippen molar-refractivity contribution in [2.75, 3.05) is 18.4 Å². The summed E-state index contributed by atoms with van der Waals surface area (Å²) in [6.45, 7) is 7.24. The van der Waals surface area contributed by atoms with E-state index in [1.165, 1.54) is 7.11 Å². The van der Waals surface area contributed by atoms with Crippen molar-refractivity contribution < 1.29 is 17.9 Å². The van der Waals surface area contributed by atoms with E-state index in [-0.39, 0.29) is 28.6 Å². The molecule has 0 aliphatic carbocycles. The summed E-state index contributed by atoms with van der Waals surface area (Å²) in [5.74, 6) is 0.203.